The van der Waals surface area contributed by atoms with Crippen molar-refractivity contribution in [1.82, 2.24) is 9.97 Å². The zero-order chi connectivity index (χ0) is 12.3. The van der Waals surface area contributed by atoms with Crippen molar-refractivity contribution in [2.75, 3.05) is 11.9 Å². The molecule has 0 atom stereocenters. The van der Waals surface area contributed by atoms with E-state index in [-0.39, 0.29) is 0 Å². The lowest BCUT2D eigenvalue weighted by atomic mass is 9.87. The molecule has 1 saturated carbocycles. The van der Waals surface area contributed by atoms with Crippen LogP contribution in [0.2, 0.25) is 0 Å². The van der Waals surface area contributed by atoms with Gasteiger partial charge in [0, 0.05) is 30.8 Å². The molecule has 0 aliphatic heterocycles. The number of hydrogen-bond acceptors (Lipinski definition) is 3. The Morgan fingerprint density at radius 2 is 1.82 bits per heavy atom. The van der Waals surface area contributed by atoms with Gasteiger partial charge in [0.05, 0.1) is 0 Å². The number of anilines is 1. The lowest BCUT2D eigenvalue weighted by molar-refractivity contribution is 0.339. The molecule has 17 heavy (non-hydrogen) atoms. The van der Waals surface area contributed by atoms with Gasteiger partial charge in [-0.25, -0.2) is 9.97 Å². The lowest BCUT2D eigenvalue weighted by Crippen LogP contribution is -2.35. The van der Waals surface area contributed by atoms with Crippen molar-refractivity contribution in [3.8, 4) is 0 Å². The summed E-state index contributed by atoms with van der Waals surface area (Å²) in [4.78, 5) is 11.1. The highest BCUT2D eigenvalue weighted by atomic mass is 79.9. The number of nitrogens with zero attached hydrogens (tertiary/aromatic N) is 3. The van der Waals surface area contributed by atoms with Gasteiger partial charge in [-0.1, -0.05) is 22.9 Å². The first-order valence-corrected chi connectivity index (χ1v) is 7.42. The van der Waals surface area contributed by atoms with Crippen LogP contribution in [0.3, 0.4) is 0 Å². The minimum absolute atomic E-state index is 0.612. The maximum atomic E-state index is 4.43. The van der Waals surface area contributed by atoms with Crippen LogP contribution in [0.4, 0.5) is 5.95 Å². The smallest absolute Gasteiger partial charge is 0.225 e. The van der Waals surface area contributed by atoms with Gasteiger partial charge in [0.15, 0.2) is 0 Å². The molecule has 0 spiro atoms. The Balaban J connectivity index is 2.00. The molecule has 1 aliphatic rings. The Morgan fingerprint density at radius 1 is 1.24 bits per heavy atom. The van der Waals surface area contributed by atoms with E-state index < -0.39 is 0 Å². The Kier molecular flexibility index (Phi) is 4.37. The van der Waals surface area contributed by atoms with Crippen LogP contribution in [0.5, 0.6) is 0 Å². The monoisotopic (exact) mass is 297 g/mol. The van der Waals surface area contributed by atoms with E-state index in [0.717, 1.165) is 22.8 Å². The number of alkyl halides is 1. The van der Waals surface area contributed by atoms with Crippen LogP contribution < -0.4 is 4.90 Å². The van der Waals surface area contributed by atoms with Crippen molar-refractivity contribution in [2.45, 2.75) is 44.0 Å². The van der Waals surface area contributed by atoms with Gasteiger partial charge < -0.3 is 4.90 Å². The summed E-state index contributed by atoms with van der Waals surface area (Å²) in [6.07, 6.45) is 8.99. The molecule has 1 heterocycles. The molecule has 0 bridgehead atoms. The highest BCUT2D eigenvalue weighted by Crippen LogP contribution is 2.27. The van der Waals surface area contributed by atoms with Crippen LogP contribution in [-0.2, 0) is 5.33 Å². The van der Waals surface area contributed by atoms with Crippen LogP contribution in [0.1, 0.15) is 38.2 Å². The Labute approximate surface area is 112 Å². The van der Waals surface area contributed by atoms with E-state index in [9.17, 15) is 0 Å². The number of hydrogen-bond donors (Lipinski definition) is 0. The van der Waals surface area contributed by atoms with Crippen molar-refractivity contribution in [2.24, 2.45) is 5.92 Å². The Bertz CT molecular complexity index is 344. The molecule has 1 aromatic rings. The summed E-state index contributed by atoms with van der Waals surface area (Å²) in [5.41, 5.74) is 1.12. The predicted octanol–water partition coefficient (Wildman–Crippen LogP) is 3.39. The normalized spacial score (nSPS) is 24.6. The first kappa shape index (κ1) is 12.8. The third kappa shape index (κ3) is 3.18. The van der Waals surface area contributed by atoms with Crippen molar-refractivity contribution in [3.05, 3.63) is 18.0 Å². The van der Waals surface area contributed by atoms with Crippen molar-refractivity contribution < 1.29 is 0 Å². The average Bonchev–Trinajstić information content (AvgIpc) is 2.39. The van der Waals surface area contributed by atoms with E-state index in [1.54, 1.807) is 0 Å². The fraction of sp³-hybridized carbons (Fsp3) is 0.692. The Hall–Kier alpha value is -0.640. The quantitative estimate of drug-likeness (QED) is 0.801. The fourth-order valence-electron chi connectivity index (χ4n) is 2.39. The summed E-state index contributed by atoms with van der Waals surface area (Å²) in [5, 5.41) is 0.817. The van der Waals surface area contributed by atoms with Gasteiger partial charge in [0.25, 0.3) is 0 Å². The van der Waals surface area contributed by atoms with Crippen LogP contribution in [-0.4, -0.2) is 23.1 Å². The third-order valence-corrected chi connectivity index (χ3v) is 4.34. The van der Waals surface area contributed by atoms with Gasteiger partial charge in [-0.3, -0.25) is 0 Å². The highest BCUT2D eigenvalue weighted by molar-refractivity contribution is 9.08. The largest absolute Gasteiger partial charge is 0.341 e. The van der Waals surface area contributed by atoms with E-state index in [0.29, 0.717) is 6.04 Å². The summed E-state index contributed by atoms with van der Waals surface area (Å²) in [5.74, 6) is 1.74. The minimum atomic E-state index is 0.612. The number of halogens is 1. The van der Waals surface area contributed by atoms with Crippen LogP contribution >= 0.6 is 15.9 Å². The third-order valence-electron chi connectivity index (χ3n) is 3.69. The van der Waals surface area contributed by atoms with Crippen molar-refractivity contribution in [1.29, 1.82) is 0 Å². The van der Waals surface area contributed by atoms with E-state index in [1.165, 1.54) is 25.7 Å². The molecule has 3 nitrogen and oxygen atoms in total. The number of rotatable bonds is 3. The van der Waals surface area contributed by atoms with E-state index >= 15 is 0 Å². The molecule has 1 fully saturated rings. The van der Waals surface area contributed by atoms with E-state index in [2.05, 4.69) is 44.8 Å². The second kappa shape index (κ2) is 5.80. The second-order valence-electron chi connectivity index (χ2n) is 5.05. The predicted molar refractivity (Wildman–Crippen MR) is 74.5 cm³/mol. The molecule has 1 aliphatic carbocycles. The molecule has 2 rings (SSSR count). The van der Waals surface area contributed by atoms with Crippen molar-refractivity contribution >= 4 is 21.9 Å². The summed E-state index contributed by atoms with van der Waals surface area (Å²) in [6.45, 7) is 2.34. The summed E-state index contributed by atoms with van der Waals surface area (Å²) in [7, 11) is 2.11. The molecule has 0 N–H and O–H groups in total. The molecule has 94 valence electrons. The molecule has 0 unspecified atom stereocenters. The highest BCUT2D eigenvalue weighted by Gasteiger charge is 2.22. The van der Waals surface area contributed by atoms with Gasteiger partial charge in [0.1, 0.15) is 0 Å². The Morgan fingerprint density at radius 3 is 2.35 bits per heavy atom. The standard InChI is InChI=1S/C13H20BrN3/c1-10-3-5-12(6-4-10)17(2)13-15-8-11(7-14)9-16-13/h8-10,12H,3-7H2,1-2H3. The van der Waals surface area contributed by atoms with Gasteiger partial charge in [-0.05, 0) is 37.2 Å². The molecular weight excluding hydrogens is 278 g/mol. The zero-order valence-corrected chi connectivity index (χ0v) is 12.2. The summed E-state index contributed by atoms with van der Waals surface area (Å²) < 4.78 is 0. The fourth-order valence-corrected chi connectivity index (χ4v) is 2.68. The second-order valence-corrected chi connectivity index (χ2v) is 5.61. The van der Waals surface area contributed by atoms with Crippen molar-refractivity contribution in [3.63, 3.8) is 0 Å². The maximum Gasteiger partial charge on any atom is 0.225 e. The summed E-state index contributed by atoms with van der Waals surface area (Å²) in [6, 6.07) is 0.612. The molecule has 0 amide bonds. The SMILES string of the molecule is CC1CCC(N(C)c2ncc(CBr)cn2)CC1. The average molecular weight is 298 g/mol. The van der Waals surface area contributed by atoms with Gasteiger partial charge in [-0.2, -0.15) is 0 Å². The van der Waals surface area contributed by atoms with Crippen LogP contribution in [0.25, 0.3) is 0 Å². The van der Waals surface area contributed by atoms with Crippen LogP contribution in [0.15, 0.2) is 12.4 Å². The molecule has 4 heteroatoms. The molecule has 0 aromatic carbocycles. The molecular formula is C13H20BrN3. The molecule has 0 radical (unpaired) electrons. The minimum Gasteiger partial charge on any atom is -0.341 e. The first-order valence-electron chi connectivity index (χ1n) is 6.30. The topological polar surface area (TPSA) is 29.0 Å². The molecule has 1 aromatic heterocycles. The van der Waals surface area contributed by atoms with Gasteiger partial charge >= 0.3 is 0 Å². The maximum absolute atomic E-state index is 4.43. The first-order chi connectivity index (χ1) is 8.20. The number of aromatic nitrogens is 2. The van der Waals surface area contributed by atoms with E-state index in [1.807, 2.05) is 12.4 Å². The van der Waals surface area contributed by atoms with Gasteiger partial charge in [-0.15, -0.1) is 0 Å². The molecule has 0 saturated heterocycles. The summed E-state index contributed by atoms with van der Waals surface area (Å²) >= 11 is 3.41. The zero-order valence-electron chi connectivity index (χ0n) is 10.6. The lowest BCUT2D eigenvalue weighted by Gasteiger charge is -2.33. The van der Waals surface area contributed by atoms with Crippen LogP contribution in [0, 0.1) is 5.92 Å². The van der Waals surface area contributed by atoms with E-state index in [4.69, 9.17) is 0 Å². The van der Waals surface area contributed by atoms with Gasteiger partial charge in [0.2, 0.25) is 5.95 Å².